The van der Waals surface area contributed by atoms with Crippen LogP contribution in [0.1, 0.15) is 25.8 Å². The van der Waals surface area contributed by atoms with Gasteiger partial charge in [0.25, 0.3) is 0 Å². The molecule has 18 heavy (non-hydrogen) atoms. The fourth-order valence-corrected chi connectivity index (χ4v) is 3.48. The maximum absolute atomic E-state index is 3.42. The maximum Gasteiger partial charge on any atom is 0.0410 e. The molecule has 0 saturated carbocycles. The predicted octanol–water partition coefficient (Wildman–Crippen LogP) is 3.16. The van der Waals surface area contributed by atoms with Crippen molar-refractivity contribution in [3.63, 3.8) is 0 Å². The molecule has 100 valence electrons. The lowest BCUT2D eigenvalue weighted by atomic mass is 10.1. The normalized spacial score (nSPS) is 16.0. The third-order valence-electron chi connectivity index (χ3n) is 3.38. The van der Waals surface area contributed by atoms with Crippen molar-refractivity contribution in [3.05, 3.63) is 23.8 Å². The molecule has 0 aromatic heterocycles. The van der Waals surface area contributed by atoms with Crippen LogP contribution in [0.3, 0.4) is 0 Å². The number of nitrogens with zero attached hydrogens (tertiary/aromatic N) is 1. The molecule has 1 heterocycles. The Morgan fingerprint density at radius 1 is 1.22 bits per heavy atom. The van der Waals surface area contributed by atoms with E-state index in [4.69, 9.17) is 0 Å². The minimum Gasteiger partial charge on any atom is -0.369 e. The highest BCUT2D eigenvalue weighted by Crippen LogP contribution is 2.31. The van der Waals surface area contributed by atoms with Gasteiger partial charge in [-0.05, 0) is 36.3 Å². The van der Waals surface area contributed by atoms with E-state index in [1.165, 1.54) is 28.3 Å². The van der Waals surface area contributed by atoms with Gasteiger partial charge < -0.3 is 10.2 Å². The third kappa shape index (κ3) is 3.21. The van der Waals surface area contributed by atoms with Crippen LogP contribution in [0.15, 0.2) is 23.1 Å². The number of benzene rings is 1. The molecular weight excluding hydrogens is 240 g/mol. The van der Waals surface area contributed by atoms with Crippen LogP contribution in [0.4, 0.5) is 5.69 Å². The number of hydrogen-bond donors (Lipinski definition) is 1. The number of piperazine rings is 1. The molecule has 0 amide bonds. The molecule has 1 aromatic rings. The molecule has 1 aliphatic rings. The second-order valence-electron chi connectivity index (χ2n) is 4.69. The second kappa shape index (κ2) is 7.05. The molecule has 3 heteroatoms. The minimum absolute atomic E-state index is 1.11. The molecule has 1 fully saturated rings. The standard InChI is InChI=1S/C15H24N2S/c1-3-12-18-15-7-5-6-14(13(15)4-2)17-10-8-16-9-11-17/h5-7,16H,3-4,8-12H2,1-2H3. The van der Waals surface area contributed by atoms with E-state index in [0.717, 1.165) is 32.6 Å². The highest BCUT2D eigenvalue weighted by Gasteiger charge is 2.15. The largest absolute Gasteiger partial charge is 0.369 e. The van der Waals surface area contributed by atoms with Gasteiger partial charge in [0.1, 0.15) is 0 Å². The lowest BCUT2D eigenvalue weighted by Crippen LogP contribution is -2.43. The van der Waals surface area contributed by atoms with E-state index < -0.39 is 0 Å². The van der Waals surface area contributed by atoms with Crippen LogP contribution in [0.25, 0.3) is 0 Å². The molecule has 0 aliphatic carbocycles. The Morgan fingerprint density at radius 2 is 2.00 bits per heavy atom. The van der Waals surface area contributed by atoms with Crippen molar-refractivity contribution in [2.75, 3.05) is 36.8 Å². The van der Waals surface area contributed by atoms with Crippen molar-refractivity contribution < 1.29 is 0 Å². The van der Waals surface area contributed by atoms with Gasteiger partial charge >= 0.3 is 0 Å². The zero-order chi connectivity index (χ0) is 12.8. The lowest BCUT2D eigenvalue weighted by Gasteiger charge is -2.31. The molecule has 0 spiro atoms. The molecule has 1 aliphatic heterocycles. The van der Waals surface area contributed by atoms with Crippen molar-refractivity contribution in [1.82, 2.24) is 5.32 Å². The third-order valence-corrected chi connectivity index (χ3v) is 4.69. The first-order valence-electron chi connectivity index (χ1n) is 7.07. The van der Waals surface area contributed by atoms with Gasteiger partial charge in [0.2, 0.25) is 0 Å². The molecular formula is C15H24N2S. The topological polar surface area (TPSA) is 15.3 Å². The summed E-state index contributed by atoms with van der Waals surface area (Å²) >= 11 is 2.01. The van der Waals surface area contributed by atoms with E-state index in [1.807, 2.05) is 11.8 Å². The van der Waals surface area contributed by atoms with Gasteiger partial charge in [-0.15, -0.1) is 11.8 Å². The van der Waals surface area contributed by atoms with Crippen LogP contribution >= 0.6 is 11.8 Å². The first kappa shape index (κ1) is 13.8. The average Bonchev–Trinajstić information content (AvgIpc) is 2.45. The van der Waals surface area contributed by atoms with E-state index in [9.17, 15) is 0 Å². The van der Waals surface area contributed by atoms with Crippen molar-refractivity contribution in [1.29, 1.82) is 0 Å². The molecule has 1 N–H and O–H groups in total. The van der Waals surface area contributed by atoms with Gasteiger partial charge in [0.15, 0.2) is 0 Å². The molecule has 1 saturated heterocycles. The monoisotopic (exact) mass is 264 g/mol. The number of rotatable bonds is 5. The van der Waals surface area contributed by atoms with Crippen LogP contribution in [0.2, 0.25) is 0 Å². The van der Waals surface area contributed by atoms with E-state index in [0.29, 0.717) is 0 Å². The maximum atomic E-state index is 3.42. The molecule has 2 rings (SSSR count). The summed E-state index contributed by atoms with van der Waals surface area (Å²) in [6.45, 7) is 9.00. The van der Waals surface area contributed by atoms with Crippen molar-refractivity contribution in [2.24, 2.45) is 0 Å². The highest BCUT2D eigenvalue weighted by atomic mass is 32.2. The summed E-state index contributed by atoms with van der Waals surface area (Å²) in [6.07, 6.45) is 2.37. The number of thioether (sulfide) groups is 1. The van der Waals surface area contributed by atoms with Gasteiger partial charge in [-0.25, -0.2) is 0 Å². The minimum atomic E-state index is 1.11. The highest BCUT2D eigenvalue weighted by molar-refractivity contribution is 7.99. The summed E-state index contributed by atoms with van der Waals surface area (Å²) < 4.78 is 0. The average molecular weight is 264 g/mol. The SMILES string of the molecule is CCCSc1cccc(N2CCNCC2)c1CC. The second-order valence-corrected chi connectivity index (χ2v) is 5.83. The Labute approximate surface area is 115 Å². The van der Waals surface area contributed by atoms with Crippen LogP contribution in [0, 0.1) is 0 Å². The zero-order valence-electron chi connectivity index (χ0n) is 11.5. The fraction of sp³-hybridized carbons (Fsp3) is 0.600. The number of nitrogens with one attached hydrogen (secondary N) is 1. The summed E-state index contributed by atoms with van der Waals surface area (Å²) in [7, 11) is 0. The van der Waals surface area contributed by atoms with Gasteiger partial charge in [0.05, 0.1) is 0 Å². The van der Waals surface area contributed by atoms with Crippen LogP contribution in [-0.4, -0.2) is 31.9 Å². The van der Waals surface area contributed by atoms with E-state index in [2.05, 4.69) is 42.3 Å². The Hall–Kier alpha value is -0.670. The van der Waals surface area contributed by atoms with Crippen molar-refractivity contribution in [2.45, 2.75) is 31.6 Å². The summed E-state index contributed by atoms with van der Waals surface area (Å²) in [5.74, 6) is 1.22. The lowest BCUT2D eigenvalue weighted by molar-refractivity contribution is 0.587. The van der Waals surface area contributed by atoms with E-state index in [-0.39, 0.29) is 0 Å². The fourth-order valence-electron chi connectivity index (χ4n) is 2.46. The number of hydrogen-bond acceptors (Lipinski definition) is 3. The van der Waals surface area contributed by atoms with Crippen LogP contribution in [0.5, 0.6) is 0 Å². The Kier molecular flexibility index (Phi) is 5.39. The molecule has 1 aromatic carbocycles. The van der Waals surface area contributed by atoms with Gasteiger partial charge in [-0.3, -0.25) is 0 Å². The molecule has 2 nitrogen and oxygen atoms in total. The summed E-state index contributed by atoms with van der Waals surface area (Å²) in [5.41, 5.74) is 3.00. The molecule has 0 atom stereocenters. The predicted molar refractivity (Wildman–Crippen MR) is 81.9 cm³/mol. The quantitative estimate of drug-likeness (QED) is 0.822. The molecule has 0 radical (unpaired) electrons. The van der Waals surface area contributed by atoms with Crippen LogP contribution < -0.4 is 10.2 Å². The smallest absolute Gasteiger partial charge is 0.0410 e. The van der Waals surface area contributed by atoms with Crippen molar-refractivity contribution >= 4 is 17.4 Å². The first-order chi connectivity index (χ1) is 8.86. The summed E-state index contributed by atoms with van der Waals surface area (Å²) in [6, 6.07) is 6.79. The zero-order valence-corrected chi connectivity index (χ0v) is 12.4. The van der Waals surface area contributed by atoms with E-state index >= 15 is 0 Å². The van der Waals surface area contributed by atoms with Crippen molar-refractivity contribution in [3.8, 4) is 0 Å². The van der Waals surface area contributed by atoms with Gasteiger partial charge in [0, 0.05) is 36.8 Å². The van der Waals surface area contributed by atoms with Gasteiger partial charge in [-0.1, -0.05) is 19.9 Å². The Morgan fingerprint density at radius 3 is 2.67 bits per heavy atom. The Bertz CT molecular complexity index is 373. The number of anilines is 1. The van der Waals surface area contributed by atoms with E-state index in [1.54, 1.807) is 0 Å². The summed E-state index contributed by atoms with van der Waals surface area (Å²) in [5, 5.41) is 3.42. The van der Waals surface area contributed by atoms with Crippen LogP contribution in [-0.2, 0) is 6.42 Å². The molecule has 0 unspecified atom stereocenters. The van der Waals surface area contributed by atoms with Gasteiger partial charge in [-0.2, -0.15) is 0 Å². The first-order valence-corrected chi connectivity index (χ1v) is 8.05. The molecule has 0 bridgehead atoms. The summed E-state index contributed by atoms with van der Waals surface area (Å²) in [4.78, 5) is 4.01. The Balaban J connectivity index is 2.22.